The van der Waals surface area contributed by atoms with Crippen LogP contribution in [-0.2, 0) is 30.3 Å². The van der Waals surface area contributed by atoms with E-state index in [1.807, 2.05) is 60.7 Å². The van der Waals surface area contributed by atoms with Gasteiger partial charge in [0.15, 0.2) is 0 Å². The van der Waals surface area contributed by atoms with Crippen molar-refractivity contribution < 1.29 is 29.0 Å². The van der Waals surface area contributed by atoms with Crippen molar-refractivity contribution in [3.8, 4) is 0 Å². The van der Waals surface area contributed by atoms with Gasteiger partial charge in [0.1, 0.15) is 6.10 Å². The summed E-state index contributed by atoms with van der Waals surface area (Å²) in [5.74, 6) is -2.02. The average Bonchev–Trinajstić information content (AvgIpc) is 2.95. The van der Waals surface area contributed by atoms with Crippen LogP contribution < -0.4 is 10.6 Å². The molecular formula is C31H40N2O6. The third kappa shape index (κ3) is 12.1. The minimum atomic E-state index is -0.701. The van der Waals surface area contributed by atoms with Crippen molar-refractivity contribution in [1.82, 2.24) is 10.6 Å². The van der Waals surface area contributed by atoms with E-state index in [2.05, 4.69) is 23.8 Å². The lowest BCUT2D eigenvalue weighted by molar-refractivity contribution is -0.154. The number of aliphatic hydroxyl groups excluding tert-OH is 1. The summed E-state index contributed by atoms with van der Waals surface area (Å²) < 4.78 is 11.1. The number of aliphatic hydroxyl groups is 1. The number of amides is 2. The van der Waals surface area contributed by atoms with E-state index in [0.717, 1.165) is 11.1 Å². The summed E-state index contributed by atoms with van der Waals surface area (Å²) in [6.45, 7) is 8.22. The lowest BCUT2D eigenvalue weighted by Gasteiger charge is -2.23. The highest BCUT2D eigenvalue weighted by Gasteiger charge is 2.26. The summed E-state index contributed by atoms with van der Waals surface area (Å²) in [6, 6.07) is 19.0. The number of hydrogen-bond acceptors (Lipinski definition) is 6. The van der Waals surface area contributed by atoms with Crippen molar-refractivity contribution in [1.29, 1.82) is 0 Å². The molecule has 0 spiro atoms. The van der Waals surface area contributed by atoms with E-state index in [-0.39, 0.29) is 57.1 Å². The normalized spacial score (nSPS) is 12.9. The van der Waals surface area contributed by atoms with Crippen LogP contribution >= 0.6 is 0 Å². The number of hydrogen-bond donors (Lipinski definition) is 3. The predicted molar refractivity (Wildman–Crippen MR) is 151 cm³/mol. The quantitative estimate of drug-likeness (QED) is 0.144. The van der Waals surface area contributed by atoms with Crippen LogP contribution in [-0.4, -0.2) is 55.8 Å². The molecule has 2 amide bonds. The van der Waals surface area contributed by atoms with Gasteiger partial charge in [0.2, 0.25) is 11.8 Å². The SMILES string of the molecule is C=CC[C@@H](CC(=O)NCCOCCO)C(=O)NC[C@H](OC(=O)[C@@H](CC=C)Cc1ccccc1)c1ccccc1. The molecule has 8 heteroatoms. The monoisotopic (exact) mass is 536 g/mol. The maximum atomic E-state index is 13.2. The number of esters is 1. The minimum Gasteiger partial charge on any atom is -0.455 e. The van der Waals surface area contributed by atoms with Crippen LogP contribution in [0.25, 0.3) is 0 Å². The summed E-state index contributed by atoms with van der Waals surface area (Å²) in [7, 11) is 0. The number of nitrogens with one attached hydrogen (secondary N) is 2. The van der Waals surface area contributed by atoms with Gasteiger partial charge in [-0.2, -0.15) is 0 Å². The molecule has 2 aromatic rings. The van der Waals surface area contributed by atoms with E-state index >= 15 is 0 Å². The van der Waals surface area contributed by atoms with Crippen LogP contribution in [0.2, 0.25) is 0 Å². The molecule has 3 N–H and O–H groups in total. The van der Waals surface area contributed by atoms with Gasteiger partial charge in [0.05, 0.1) is 38.2 Å². The molecule has 0 saturated heterocycles. The fourth-order valence-electron chi connectivity index (χ4n) is 4.04. The third-order valence-corrected chi connectivity index (χ3v) is 6.06. The fraction of sp³-hybridized carbons (Fsp3) is 0.387. The molecule has 2 aromatic carbocycles. The van der Waals surface area contributed by atoms with Crippen LogP contribution in [0.15, 0.2) is 86.0 Å². The van der Waals surface area contributed by atoms with E-state index in [4.69, 9.17) is 14.6 Å². The summed E-state index contributed by atoms with van der Waals surface area (Å²) in [6.07, 6.45) is 3.87. The van der Waals surface area contributed by atoms with E-state index in [1.165, 1.54) is 0 Å². The van der Waals surface area contributed by atoms with Gasteiger partial charge < -0.3 is 25.2 Å². The predicted octanol–water partition coefficient (Wildman–Crippen LogP) is 3.53. The Bertz CT molecular complexity index is 1030. The van der Waals surface area contributed by atoms with Gasteiger partial charge in [-0.1, -0.05) is 72.8 Å². The molecule has 8 nitrogen and oxygen atoms in total. The molecule has 0 saturated carbocycles. The number of allylic oxidation sites excluding steroid dienone is 2. The molecule has 0 fully saturated rings. The first-order valence-corrected chi connectivity index (χ1v) is 13.2. The molecule has 3 atom stereocenters. The number of rotatable bonds is 19. The first kappa shape index (κ1) is 31.5. The highest BCUT2D eigenvalue weighted by Crippen LogP contribution is 2.22. The first-order chi connectivity index (χ1) is 19.0. The van der Waals surface area contributed by atoms with Crippen molar-refractivity contribution in [2.24, 2.45) is 11.8 Å². The molecule has 0 aliphatic carbocycles. The van der Waals surface area contributed by atoms with Crippen molar-refractivity contribution in [2.45, 2.75) is 31.8 Å². The van der Waals surface area contributed by atoms with E-state index in [9.17, 15) is 14.4 Å². The smallest absolute Gasteiger partial charge is 0.310 e. The molecule has 0 aliphatic heterocycles. The first-order valence-electron chi connectivity index (χ1n) is 13.2. The van der Waals surface area contributed by atoms with Crippen LogP contribution in [0, 0.1) is 11.8 Å². The molecule has 2 rings (SSSR count). The number of carbonyl (C=O) groups excluding carboxylic acids is 3. The Morgan fingerprint density at radius 1 is 0.872 bits per heavy atom. The highest BCUT2D eigenvalue weighted by atomic mass is 16.5. The second kappa shape index (κ2) is 18.5. The third-order valence-electron chi connectivity index (χ3n) is 6.06. The zero-order valence-electron chi connectivity index (χ0n) is 22.4. The second-order valence-electron chi connectivity index (χ2n) is 9.10. The number of benzene rings is 2. The molecule has 0 bridgehead atoms. The van der Waals surface area contributed by atoms with E-state index in [0.29, 0.717) is 19.3 Å². The van der Waals surface area contributed by atoms with Crippen molar-refractivity contribution in [3.63, 3.8) is 0 Å². The Labute approximate surface area is 231 Å². The lowest BCUT2D eigenvalue weighted by atomic mass is 9.96. The zero-order valence-corrected chi connectivity index (χ0v) is 22.4. The Balaban J connectivity index is 2.03. The Hall–Kier alpha value is -3.75. The van der Waals surface area contributed by atoms with Crippen molar-refractivity contribution in [3.05, 3.63) is 97.1 Å². The molecule has 0 heterocycles. The maximum Gasteiger partial charge on any atom is 0.310 e. The average molecular weight is 537 g/mol. The van der Waals surface area contributed by atoms with Gasteiger partial charge in [-0.25, -0.2) is 0 Å². The van der Waals surface area contributed by atoms with Crippen molar-refractivity contribution >= 4 is 17.8 Å². The largest absolute Gasteiger partial charge is 0.455 e. The second-order valence-corrected chi connectivity index (χ2v) is 9.10. The molecule has 39 heavy (non-hydrogen) atoms. The van der Waals surface area contributed by atoms with Gasteiger partial charge in [0, 0.05) is 13.0 Å². The minimum absolute atomic E-state index is 0.0217. The van der Waals surface area contributed by atoms with Crippen LogP contribution in [0.3, 0.4) is 0 Å². The Kier molecular flexibility index (Phi) is 14.9. The van der Waals surface area contributed by atoms with Gasteiger partial charge in [-0.15, -0.1) is 13.2 Å². The van der Waals surface area contributed by atoms with Gasteiger partial charge in [-0.05, 0) is 30.4 Å². The summed E-state index contributed by atoms with van der Waals surface area (Å²) in [5.41, 5.74) is 1.78. The highest BCUT2D eigenvalue weighted by molar-refractivity contribution is 5.86. The van der Waals surface area contributed by atoms with Crippen molar-refractivity contribution in [2.75, 3.05) is 32.9 Å². The zero-order chi connectivity index (χ0) is 28.3. The molecular weight excluding hydrogens is 496 g/mol. The Morgan fingerprint density at radius 2 is 1.51 bits per heavy atom. The van der Waals surface area contributed by atoms with Crippen LogP contribution in [0.5, 0.6) is 0 Å². The standard InChI is InChI=1S/C31H40N2O6/c1-3-11-26(22-29(35)32-17-19-38-20-18-34)30(36)33-23-28(25-15-9-6-10-16-25)39-31(37)27(12-4-2)21-24-13-7-5-8-14-24/h3-10,13-16,26-28,34H,1-2,11-12,17-23H2,(H,32,35)(H,33,36)/t26-,27-,28-/m0/s1. The summed E-state index contributed by atoms with van der Waals surface area (Å²) >= 11 is 0. The van der Waals surface area contributed by atoms with Crippen LogP contribution in [0.4, 0.5) is 0 Å². The lowest BCUT2D eigenvalue weighted by Crippen LogP contribution is -2.38. The fourth-order valence-corrected chi connectivity index (χ4v) is 4.04. The molecule has 0 unspecified atom stereocenters. The maximum absolute atomic E-state index is 13.2. The molecule has 0 aromatic heterocycles. The number of ether oxygens (including phenoxy) is 2. The van der Waals surface area contributed by atoms with Gasteiger partial charge in [-0.3, -0.25) is 14.4 Å². The Morgan fingerprint density at radius 3 is 2.15 bits per heavy atom. The van der Waals surface area contributed by atoms with Gasteiger partial charge in [0.25, 0.3) is 0 Å². The summed E-state index contributed by atoms with van der Waals surface area (Å²) in [5, 5.41) is 14.3. The van der Waals surface area contributed by atoms with E-state index < -0.39 is 17.9 Å². The topological polar surface area (TPSA) is 114 Å². The summed E-state index contributed by atoms with van der Waals surface area (Å²) in [4.78, 5) is 38.6. The molecule has 0 aliphatic rings. The van der Waals surface area contributed by atoms with E-state index in [1.54, 1.807) is 12.2 Å². The van der Waals surface area contributed by atoms with Crippen LogP contribution in [0.1, 0.15) is 36.5 Å². The molecule has 210 valence electrons. The molecule has 0 radical (unpaired) electrons. The van der Waals surface area contributed by atoms with Gasteiger partial charge >= 0.3 is 5.97 Å². The number of carbonyl (C=O) groups is 3.